The van der Waals surface area contributed by atoms with Gasteiger partial charge in [-0.25, -0.2) is 0 Å². The SMILES string of the molecule is CCOC1(CC)OCCCC1CC. The van der Waals surface area contributed by atoms with Crippen LogP contribution in [0.1, 0.15) is 46.5 Å². The van der Waals surface area contributed by atoms with Crippen LogP contribution >= 0.6 is 0 Å². The second-order valence-corrected chi connectivity index (χ2v) is 3.69. The zero-order valence-corrected chi connectivity index (χ0v) is 9.14. The molecule has 0 saturated carbocycles. The molecule has 1 heterocycles. The van der Waals surface area contributed by atoms with Gasteiger partial charge in [0.05, 0.1) is 6.61 Å². The minimum absolute atomic E-state index is 0.262. The molecule has 0 N–H and O–H groups in total. The second kappa shape index (κ2) is 4.97. The molecule has 0 radical (unpaired) electrons. The van der Waals surface area contributed by atoms with Crippen molar-refractivity contribution < 1.29 is 9.47 Å². The molecule has 13 heavy (non-hydrogen) atoms. The second-order valence-electron chi connectivity index (χ2n) is 3.69. The molecule has 0 aliphatic carbocycles. The maximum atomic E-state index is 5.84. The van der Waals surface area contributed by atoms with Gasteiger partial charge in [-0.2, -0.15) is 0 Å². The molecule has 1 aliphatic heterocycles. The van der Waals surface area contributed by atoms with Crippen LogP contribution in [0.15, 0.2) is 0 Å². The number of rotatable bonds is 4. The van der Waals surface area contributed by atoms with E-state index >= 15 is 0 Å². The maximum Gasteiger partial charge on any atom is 0.170 e. The maximum absolute atomic E-state index is 5.84. The number of hydrogen-bond acceptors (Lipinski definition) is 2. The Morgan fingerprint density at radius 3 is 2.69 bits per heavy atom. The first-order valence-corrected chi connectivity index (χ1v) is 5.57. The molecule has 0 aromatic carbocycles. The van der Waals surface area contributed by atoms with Crippen molar-refractivity contribution in [3.63, 3.8) is 0 Å². The van der Waals surface area contributed by atoms with Gasteiger partial charge >= 0.3 is 0 Å². The molecular weight excluding hydrogens is 164 g/mol. The van der Waals surface area contributed by atoms with Crippen molar-refractivity contribution in [2.24, 2.45) is 5.92 Å². The molecule has 0 aromatic rings. The van der Waals surface area contributed by atoms with E-state index in [9.17, 15) is 0 Å². The molecule has 0 amide bonds. The van der Waals surface area contributed by atoms with Crippen LogP contribution in [0.25, 0.3) is 0 Å². The fourth-order valence-electron chi connectivity index (χ4n) is 2.32. The van der Waals surface area contributed by atoms with Crippen LogP contribution in [0.4, 0.5) is 0 Å². The first kappa shape index (κ1) is 11.0. The molecule has 78 valence electrons. The van der Waals surface area contributed by atoms with Gasteiger partial charge in [0.25, 0.3) is 0 Å². The van der Waals surface area contributed by atoms with Gasteiger partial charge in [0.1, 0.15) is 0 Å². The summed E-state index contributed by atoms with van der Waals surface area (Å²) in [6.07, 6.45) is 4.57. The minimum Gasteiger partial charge on any atom is -0.350 e. The lowest BCUT2D eigenvalue weighted by molar-refractivity contribution is -0.284. The van der Waals surface area contributed by atoms with Gasteiger partial charge in [-0.3, -0.25) is 0 Å². The van der Waals surface area contributed by atoms with Crippen LogP contribution in [-0.2, 0) is 9.47 Å². The average molecular weight is 186 g/mol. The summed E-state index contributed by atoms with van der Waals surface area (Å²) in [4.78, 5) is 0. The standard InChI is InChI=1S/C11H22O2/c1-4-10-8-7-9-13-11(10,5-2)12-6-3/h10H,4-9H2,1-3H3. The normalized spacial score (nSPS) is 34.8. The topological polar surface area (TPSA) is 18.5 Å². The molecule has 2 unspecified atom stereocenters. The van der Waals surface area contributed by atoms with Crippen molar-refractivity contribution in [3.8, 4) is 0 Å². The van der Waals surface area contributed by atoms with Crippen molar-refractivity contribution in [2.75, 3.05) is 13.2 Å². The van der Waals surface area contributed by atoms with Crippen LogP contribution in [0.5, 0.6) is 0 Å². The van der Waals surface area contributed by atoms with Crippen LogP contribution in [0.3, 0.4) is 0 Å². The van der Waals surface area contributed by atoms with Crippen LogP contribution < -0.4 is 0 Å². The fourth-order valence-corrected chi connectivity index (χ4v) is 2.32. The van der Waals surface area contributed by atoms with Crippen molar-refractivity contribution in [3.05, 3.63) is 0 Å². The quantitative estimate of drug-likeness (QED) is 0.672. The summed E-state index contributed by atoms with van der Waals surface area (Å²) in [7, 11) is 0. The summed E-state index contributed by atoms with van der Waals surface area (Å²) < 4.78 is 11.6. The van der Waals surface area contributed by atoms with Crippen molar-refractivity contribution in [1.82, 2.24) is 0 Å². The average Bonchev–Trinajstić information content (AvgIpc) is 2.19. The Kier molecular flexibility index (Phi) is 4.20. The smallest absolute Gasteiger partial charge is 0.170 e. The van der Waals surface area contributed by atoms with E-state index in [1.165, 1.54) is 12.8 Å². The molecule has 2 nitrogen and oxygen atoms in total. The Labute approximate surface area is 81.6 Å². The highest BCUT2D eigenvalue weighted by Gasteiger charge is 2.40. The summed E-state index contributed by atoms with van der Waals surface area (Å²) in [6, 6.07) is 0. The van der Waals surface area contributed by atoms with E-state index in [0.717, 1.165) is 26.1 Å². The fraction of sp³-hybridized carbons (Fsp3) is 1.00. The van der Waals surface area contributed by atoms with Gasteiger partial charge in [-0.05, 0) is 32.6 Å². The zero-order chi connectivity index (χ0) is 9.73. The van der Waals surface area contributed by atoms with Gasteiger partial charge in [0.15, 0.2) is 5.79 Å². The molecule has 2 heteroatoms. The van der Waals surface area contributed by atoms with Crippen LogP contribution in [0, 0.1) is 5.92 Å². The van der Waals surface area contributed by atoms with E-state index in [1.54, 1.807) is 0 Å². The van der Waals surface area contributed by atoms with Crippen LogP contribution in [-0.4, -0.2) is 19.0 Å². The lowest BCUT2D eigenvalue weighted by Gasteiger charge is -2.42. The van der Waals surface area contributed by atoms with Gasteiger partial charge in [-0.1, -0.05) is 13.8 Å². The van der Waals surface area contributed by atoms with Gasteiger partial charge in [0.2, 0.25) is 0 Å². The monoisotopic (exact) mass is 186 g/mol. The minimum atomic E-state index is -0.262. The Morgan fingerprint density at radius 1 is 1.38 bits per heavy atom. The Bertz CT molecular complexity index is 143. The zero-order valence-electron chi connectivity index (χ0n) is 9.14. The van der Waals surface area contributed by atoms with E-state index in [0.29, 0.717) is 5.92 Å². The highest BCUT2D eigenvalue weighted by Crippen LogP contribution is 2.36. The van der Waals surface area contributed by atoms with Crippen molar-refractivity contribution in [2.45, 2.75) is 52.2 Å². The molecule has 0 spiro atoms. The van der Waals surface area contributed by atoms with Crippen molar-refractivity contribution >= 4 is 0 Å². The largest absolute Gasteiger partial charge is 0.350 e. The first-order chi connectivity index (χ1) is 6.29. The Morgan fingerprint density at radius 2 is 2.15 bits per heavy atom. The predicted molar refractivity (Wildman–Crippen MR) is 53.6 cm³/mol. The van der Waals surface area contributed by atoms with E-state index in [1.807, 2.05) is 6.92 Å². The molecule has 1 aliphatic rings. The molecule has 1 rings (SSSR count). The summed E-state index contributed by atoms with van der Waals surface area (Å²) >= 11 is 0. The molecular formula is C11H22O2. The third-order valence-electron chi connectivity index (χ3n) is 3.04. The third-order valence-corrected chi connectivity index (χ3v) is 3.04. The highest BCUT2D eigenvalue weighted by atomic mass is 16.7. The molecule has 0 bridgehead atoms. The lowest BCUT2D eigenvalue weighted by atomic mass is 9.87. The summed E-state index contributed by atoms with van der Waals surface area (Å²) in [6.45, 7) is 8.04. The number of ether oxygens (including phenoxy) is 2. The number of hydrogen-bond donors (Lipinski definition) is 0. The lowest BCUT2D eigenvalue weighted by Crippen LogP contribution is -2.46. The van der Waals surface area contributed by atoms with Gasteiger partial charge in [0, 0.05) is 12.5 Å². The third kappa shape index (κ3) is 2.23. The molecule has 1 fully saturated rings. The highest BCUT2D eigenvalue weighted by molar-refractivity contribution is 4.81. The van der Waals surface area contributed by atoms with Crippen LogP contribution in [0.2, 0.25) is 0 Å². The molecule has 0 aromatic heterocycles. The Hall–Kier alpha value is -0.0800. The first-order valence-electron chi connectivity index (χ1n) is 5.57. The van der Waals surface area contributed by atoms with E-state index < -0.39 is 0 Å². The summed E-state index contributed by atoms with van der Waals surface area (Å²) in [5.41, 5.74) is 0. The van der Waals surface area contributed by atoms with E-state index in [4.69, 9.17) is 9.47 Å². The molecule has 1 saturated heterocycles. The Balaban J connectivity index is 2.66. The van der Waals surface area contributed by atoms with Gasteiger partial charge in [-0.15, -0.1) is 0 Å². The van der Waals surface area contributed by atoms with Crippen molar-refractivity contribution in [1.29, 1.82) is 0 Å². The van der Waals surface area contributed by atoms with E-state index in [-0.39, 0.29) is 5.79 Å². The van der Waals surface area contributed by atoms with E-state index in [2.05, 4.69) is 13.8 Å². The summed E-state index contributed by atoms with van der Waals surface area (Å²) in [5.74, 6) is 0.327. The predicted octanol–water partition coefficient (Wildman–Crippen LogP) is 2.97. The van der Waals surface area contributed by atoms with Gasteiger partial charge < -0.3 is 9.47 Å². The molecule has 2 atom stereocenters. The summed E-state index contributed by atoms with van der Waals surface area (Å²) in [5, 5.41) is 0.